The van der Waals surface area contributed by atoms with Gasteiger partial charge in [0.25, 0.3) is 0 Å². The van der Waals surface area contributed by atoms with Gasteiger partial charge in [0, 0.05) is 57.9 Å². The molecule has 8 unspecified atom stereocenters. The summed E-state index contributed by atoms with van der Waals surface area (Å²) in [5, 5.41) is 10.1. The Labute approximate surface area is 227 Å². The number of hydrogen-bond acceptors (Lipinski definition) is 7. The Morgan fingerprint density at radius 2 is 1.76 bits per heavy atom. The van der Waals surface area contributed by atoms with Crippen molar-refractivity contribution in [1.82, 2.24) is 25.8 Å². The van der Waals surface area contributed by atoms with E-state index in [4.69, 9.17) is 23.1 Å². The van der Waals surface area contributed by atoms with E-state index in [-0.39, 0.29) is 41.4 Å². The number of rotatable bonds is 5. The summed E-state index contributed by atoms with van der Waals surface area (Å²) >= 11 is 6.90. The Morgan fingerprint density at radius 1 is 1.05 bits per heavy atom. The second-order valence-electron chi connectivity index (χ2n) is 13.0. The van der Waals surface area contributed by atoms with Crippen molar-refractivity contribution in [3.63, 3.8) is 0 Å². The van der Waals surface area contributed by atoms with Gasteiger partial charge in [-0.3, -0.25) is 9.69 Å². The van der Waals surface area contributed by atoms with Crippen LogP contribution in [0.2, 0.25) is 0 Å². The van der Waals surface area contributed by atoms with E-state index in [1.165, 1.54) is 19.3 Å². The molecule has 5 fully saturated rings. The number of hydrogen-bond donors (Lipinski definition) is 5. The largest absolute Gasteiger partial charge is 0.350 e. The molecule has 8 nitrogen and oxygen atoms in total. The summed E-state index contributed by atoms with van der Waals surface area (Å²) in [6.45, 7) is 5.97. The van der Waals surface area contributed by atoms with E-state index in [2.05, 4.69) is 32.8 Å². The minimum absolute atomic E-state index is 0.0719. The van der Waals surface area contributed by atoms with Gasteiger partial charge in [-0.1, -0.05) is 19.3 Å². The van der Waals surface area contributed by atoms with Crippen molar-refractivity contribution in [2.75, 3.05) is 52.9 Å². The van der Waals surface area contributed by atoms with Crippen molar-refractivity contribution in [3.05, 3.63) is 0 Å². The fourth-order valence-corrected chi connectivity index (χ4v) is 8.84. The van der Waals surface area contributed by atoms with E-state index in [9.17, 15) is 9.18 Å². The number of amides is 1. The average Bonchev–Trinajstić information content (AvgIpc) is 3.38. The number of nitrogens with two attached hydrogens (primary N) is 2. The summed E-state index contributed by atoms with van der Waals surface area (Å²) in [6.07, 6.45) is 6.36. The maximum Gasteiger partial charge on any atom is 0.227 e. The van der Waals surface area contributed by atoms with Crippen molar-refractivity contribution < 1.29 is 9.18 Å². The highest BCUT2D eigenvalue weighted by molar-refractivity contribution is 6.21. The molecule has 5 aliphatic rings. The van der Waals surface area contributed by atoms with E-state index in [1.54, 1.807) is 0 Å². The number of nitrogens with one attached hydrogen (secondary N) is 3. The van der Waals surface area contributed by atoms with E-state index in [1.807, 2.05) is 0 Å². The predicted octanol–water partition coefficient (Wildman–Crippen LogP) is 0.834. The Bertz CT molecular complexity index is 770. The summed E-state index contributed by atoms with van der Waals surface area (Å²) in [6, 6.07) is -0.282. The van der Waals surface area contributed by atoms with Gasteiger partial charge in [-0.2, -0.15) is 0 Å². The molecule has 1 aliphatic carbocycles. The molecule has 7 N–H and O–H groups in total. The fourth-order valence-electron chi connectivity index (χ4n) is 8.40. The quantitative estimate of drug-likeness (QED) is 0.259. The molecule has 212 valence electrons. The van der Waals surface area contributed by atoms with Crippen LogP contribution in [0.4, 0.5) is 4.39 Å². The van der Waals surface area contributed by atoms with Crippen LogP contribution in [0.3, 0.4) is 0 Å². The second kappa shape index (κ2) is 11.9. The van der Waals surface area contributed by atoms with Gasteiger partial charge in [-0.15, -0.1) is 11.6 Å². The molecule has 37 heavy (non-hydrogen) atoms. The summed E-state index contributed by atoms with van der Waals surface area (Å²) in [7, 11) is 2.20. The first-order chi connectivity index (χ1) is 17.7. The highest BCUT2D eigenvalue weighted by Gasteiger charge is 2.47. The van der Waals surface area contributed by atoms with Gasteiger partial charge in [0.05, 0.1) is 23.5 Å². The van der Waals surface area contributed by atoms with Gasteiger partial charge in [0.15, 0.2) is 0 Å². The van der Waals surface area contributed by atoms with Gasteiger partial charge in [0.1, 0.15) is 6.17 Å². The van der Waals surface area contributed by atoms with Crippen LogP contribution in [-0.4, -0.2) is 104 Å². The molecule has 10 heteroatoms. The Morgan fingerprint density at radius 3 is 2.43 bits per heavy atom. The number of halogens is 2. The molecule has 4 aliphatic heterocycles. The van der Waals surface area contributed by atoms with Crippen molar-refractivity contribution in [2.24, 2.45) is 34.6 Å². The molecule has 4 heterocycles. The lowest BCUT2D eigenvalue weighted by Crippen LogP contribution is -2.67. The molecule has 8 atom stereocenters. The topological polar surface area (TPSA) is 112 Å². The zero-order chi connectivity index (χ0) is 26.2. The highest BCUT2D eigenvalue weighted by atomic mass is 35.5. The lowest BCUT2D eigenvalue weighted by atomic mass is 9.65. The molecule has 1 saturated carbocycles. The zero-order valence-electron chi connectivity index (χ0n) is 22.5. The van der Waals surface area contributed by atoms with Crippen LogP contribution in [0.5, 0.6) is 0 Å². The lowest BCUT2D eigenvalue weighted by molar-refractivity contribution is -0.128. The molecule has 5 rings (SSSR count). The van der Waals surface area contributed by atoms with Crippen molar-refractivity contribution in [2.45, 2.75) is 87.2 Å². The van der Waals surface area contributed by atoms with Crippen molar-refractivity contribution in [3.8, 4) is 0 Å². The van der Waals surface area contributed by atoms with Crippen LogP contribution in [-0.2, 0) is 4.79 Å². The van der Waals surface area contributed by atoms with E-state index in [0.29, 0.717) is 24.8 Å². The third-order valence-electron chi connectivity index (χ3n) is 10.2. The summed E-state index contributed by atoms with van der Waals surface area (Å²) in [5.74, 6) is 0.595. The third-order valence-corrected chi connectivity index (χ3v) is 10.7. The van der Waals surface area contributed by atoms with Crippen LogP contribution >= 0.6 is 11.6 Å². The molecular weight excluding hydrogens is 493 g/mol. The van der Waals surface area contributed by atoms with Gasteiger partial charge in [-0.25, -0.2) is 4.39 Å². The van der Waals surface area contributed by atoms with Crippen molar-refractivity contribution in [1.29, 1.82) is 0 Å². The second-order valence-corrected chi connectivity index (χ2v) is 13.6. The monoisotopic (exact) mass is 541 g/mol. The third kappa shape index (κ3) is 6.28. The molecule has 0 aromatic rings. The number of alkyl halides is 2. The smallest absolute Gasteiger partial charge is 0.227 e. The molecule has 4 saturated heterocycles. The number of fused-ring (bicyclic) bond motifs is 1. The number of likely N-dealkylation sites (tertiary alicyclic amines) is 2. The lowest BCUT2D eigenvalue weighted by Gasteiger charge is -2.45. The van der Waals surface area contributed by atoms with E-state index < -0.39 is 18.3 Å². The van der Waals surface area contributed by atoms with Gasteiger partial charge in [-0.05, 0) is 56.4 Å². The standard InChI is InChI=1S/C27H49ClFN7O/c1-35-13-17-15-36(16-18(17)14-35)24-20(28)11-32-12-22(24)34-26(37)23(25(30)31)21-9-27(6-3-2-4-7-27)8-5-19(29)10-33-21/h17-25,32-33H,2-16,30-31H2,1H3,(H,34,37). The molecular formula is C27H49ClFN7O. The number of nitrogens with zero attached hydrogens (tertiary/aromatic N) is 2. The zero-order valence-corrected chi connectivity index (χ0v) is 23.3. The average molecular weight is 542 g/mol. The maximum absolute atomic E-state index is 14.7. The molecule has 1 amide bonds. The minimum Gasteiger partial charge on any atom is -0.350 e. The number of carbonyl (C=O) groups is 1. The number of carbonyl (C=O) groups excluding carboxylic acids is 1. The van der Waals surface area contributed by atoms with E-state index >= 15 is 0 Å². The first-order valence-corrected chi connectivity index (χ1v) is 15.1. The normalized spacial score (nSPS) is 40.3. The van der Waals surface area contributed by atoms with Gasteiger partial charge >= 0.3 is 0 Å². The first kappa shape index (κ1) is 28.0. The Kier molecular flexibility index (Phi) is 9.01. The Balaban J connectivity index is 1.30. The van der Waals surface area contributed by atoms with Gasteiger partial charge < -0.3 is 32.3 Å². The fraction of sp³-hybridized carbons (Fsp3) is 0.963. The maximum atomic E-state index is 14.7. The van der Waals surface area contributed by atoms with Crippen LogP contribution < -0.4 is 27.4 Å². The van der Waals surface area contributed by atoms with Crippen molar-refractivity contribution >= 4 is 17.5 Å². The molecule has 0 bridgehead atoms. The molecule has 0 radical (unpaired) electrons. The van der Waals surface area contributed by atoms with E-state index in [0.717, 1.165) is 58.4 Å². The van der Waals surface area contributed by atoms with Crippen LogP contribution in [0.15, 0.2) is 0 Å². The Hall–Kier alpha value is -0.550. The predicted molar refractivity (Wildman–Crippen MR) is 146 cm³/mol. The summed E-state index contributed by atoms with van der Waals surface area (Å²) < 4.78 is 14.7. The molecule has 1 spiro atoms. The molecule has 0 aromatic heterocycles. The van der Waals surface area contributed by atoms with Crippen LogP contribution in [0.1, 0.15) is 51.4 Å². The highest BCUT2D eigenvalue weighted by Crippen LogP contribution is 2.46. The van der Waals surface area contributed by atoms with Gasteiger partial charge in [0.2, 0.25) is 5.91 Å². The van der Waals surface area contributed by atoms with Crippen LogP contribution in [0.25, 0.3) is 0 Å². The first-order valence-electron chi connectivity index (χ1n) is 14.7. The summed E-state index contributed by atoms with van der Waals surface area (Å²) in [4.78, 5) is 18.8. The minimum atomic E-state index is -0.906. The summed E-state index contributed by atoms with van der Waals surface area (Å²) in [5.41, 5.74) is 12.7. The SMILES string of the molecule is CN1CC2CN(C3C(Cl)CNCC3NC(=O)C(C(N)N)C3CC4(CCCCC4)CCC(F)CN3)CC2C1. The molecule has 0 aromatic carbocycles. The number of piperidine rings is 1. The van der Waals surface area contributed by atoms with Crippen LogP contribution in [0, 0.1) is 23.2 Å².